The van der Waals surface area contributed by atoms with Crippen molar-refractivity contribution in [2.45, 2.75) is 24.8 Å². The molecule has 2 N–H and O–H groups in total. The maximum atomic E-state index is 9.45. The minimum Gasteiger partial charge on any atom is -0.394 e. The summed E-state index contributed by atoms with van der Waals surface area (Å²) in [6.45, 7) is 0.202. The van der Waals surface area contributed by atoms with E-state index in [1.807, 2.05) is 18.4 Å². The van der Waals surface area contributed by atoms with E-state index in [0.717, 1.165) is 6.42 Å². The largest absolute Gasteiger partial charge is 0.394 e. The maximum Gasteiger partial charge on any atom is 0.0677 e. The zero-order valence-electron chi connectivity index (χ0n) is 8.25. The summed E-state index contributed by atoms with van der Waals surface area (Å²) in [5.74, 6) is 0. The maximum absolute atomic E-state index is 9.45. The van der Waals surface area contributed by atoms with Gasteiger partial charge in [-0.2, -0.15) is 0 Å². The van der Waals surface area contributed by atoms with Crippen LogP contribution in [0.5, 0.6) is 0 Å². The van der Waals surface area contributed by atoms with E-state index < -0.39 is 0 Å². The molecule has 1 aromatic heterocycles. The number of hydrogen-bond acceptors (Lipinski definition) is 3. The molecule has 1 aromatic rings. The van der Waals surface area contributed by atoms with Crippen molar-refractivity contribution >= 4 is 23.7 Å². The fourth-order valence-corrected chi connectivity index (χ4v) is 3.17. The van der Waals surface area contributed by atoms with E-state index in [2.05, 4.69) is 16.8 Å². The summed E-state index contributed by atoms with van der Waals surface area (Å²) in [5.41, 5.74) is 1.15. The van der Waals surface area contributed by atoms with Gasteiger partial charge in [0.1, 0.15) is 0 Å². The zero-order valence-corrected chi connectivity index (χ0v) is 9.88. The fraction of sp³-hybridized carbons (Fsp3) is 0.600. The summed E-state index contributed by atoms with van der Waals surface area (Å²) in [5, 5.41) is 14.8. The van der Waals surface area contributed by atoms with Crippen molar-refractivity contribution in [1.82, 2.24) is 5.32 Å². The normalized spacial score (nSPS) is 25.3. The monoisotopic (exact) mass is 233 g/mol. The van der Waals surface area contributed by atoms with Crippen LogP contribution in [0.3, 0.4) is 0 Å². The van der Waals surface area contributed by atoms with Crippen LogP contribution in [-0.2, 0) is 12.0 Å². The van der Waals surface area contributed by atoms with Crippen LogP contribution in [-0.4, -0.2) is 18.8 Å². The van der Waals surface area contributed by atoms with Crippen molar-refractivity contribution in [3.8, 4) is 0 Å². The highest BCUT2D eigenvalue weighted by atomic mass is 35.5. The van der Waals surface area contributed by atoms with E-state index in [0.29, 0.717) is 0 Å². The van der Waals surface area contributed by atoms with Crippen molar-refractivity contribution in [1.29, 1.82) is 0 Å². The van der Waals surface area contributed by atoms with Crippen LogP contribution in [0.2, 0.25) is 0 Å². The summed E-state index contributed by atoms with van der Waals surface area (Å²) in [6, 6.07) is 2.14. The third-order valence-electron chi connectivity index (χ3n) is 3.02. The van der Waals surface area contributed by atoms with E-state index in [1.165, 1.54) is 23.3 Å². The molecule has 0 spiro atoms. The van der Waals surface area contributed by atoms with Crippen LogP contribution in [0.25, 0.3) is 0 Å². The van der Waals surface area contributed by atoms with Gasteiger partial charge in [0.25, 0.3) is 0 Å². The first-order valence-corrected chi connectivity index (χ1v) is 5.57. The zero-order chi connectivity index (χ0) is 9.31. The molecule has 0 bridgehead atoms. The van der Waals surface area contributed by atoms with E-state index in [-0.39, 0.29) is 24.6 Å². The number of aliphatic hydroxyl groups is 1. The molecule has 0 saturated carbocycles. The molecule has 2 nitrogen and oxygen atoms in total. The molecular formula is C10H16ClNOS. The van der Waals surface area contributed by atoms with Gasteiger partial charge in [0.2, 0.25) is 0 Å². The van der Waals surface area contributed by atoms with Crippen LogP contribution in [0.1, 0.15) is 23.3 Å². The molecule has 1 atom stereocenters. The molecular weight excluding hydrogens is 218 g/mol. The average molecular weight is 234 g/mol. The summed E-state index contributed by atoms with van der Waals surface area (Å²) >= 11 is 1.81. The van der Waals surface area contributed by atoms with Gasteiger partial charge < -0.3 is 10.4 Å². The summed E-state index contributed by atoms with van der Waals surface area (Å²) in [4.78, 5) is 1.44. The van der Waals surface area contributed by atoms with Crippen LogP contribution < -0.4 is 5.32 Å². The lowest BCUT2D eigenvalue weighted by atomic mass is 9.81. The number of fused-ring (bicyclic) bond motifs is 1. The van der Waals surface area contributed by atoms with Gasteiger partial charge >= 0.3 is 0 Å². The summed E-state index contributed by atoms with van der Waals surface area (Å²) < 4.78 is 0. The molecule has 0 aromatic carbocycles. The van der Waals surface area contributed by atoms with Gasteiger partial charge in [0.05, 0.1) is 12.1 Å². The Bertz CT molecular complexity index is 296. The van der Waals surface area contributed by atoms with E-state index in [1.54, 1.807) is 0 Å². The molecule has 0 fully saturated rings. The lowest BCUT2D eigenvalue weighted by Crippen LogP contribution is -2.45. The molecule has 1 aliphatic carbocycles. The third kappa shape index (κ3) is 1.70. The molecule has 0 aliphatic heterocycles. The van der Waals surface area contributed by atoms with Gasteiger partial charge in [0.15, 0.2) is 0 Å². The third-order valence-corrected chi connectivity index (χ3v) is 4.00. The Morgan fingerprint density at radius 3 is 3.07 bits per heavy atom. The predicted octanol–water partition coefficient (Wildman–Crippen LogP) is 1.91. The van der Waals surface area contributed by atoms with Crippen molar-refractivity contribution in [3.05, 3.63) is 21.9 Å². The van der Waals surface area contributed by atoms with E-state index >= 15 is 0 Å². The molecule has 0 amide bonds. The minimum atomic E-state index is -0.159. The van der Waals surface area contributed by atoms with Crippen molar-refractivity contribution in [2.24, 2.45) is 0 Å². The lowest BCUT2D eigenvalue weighted by molar-refractivity contribution is 0.151. The van der Waals surface area contributed by atoms with Gasteiger partial charge in [0, 0.05) is 4.88 Å². The van der Waals surface area contributed by atoms with Gasteiger partial charge in [-0.25, -0.2) is 0 Å². The molecule has 0 saturated heterocycles. The number of hydrogen-bond donors (Lipinski definition) is 2. The standard InChI is InChI=1S/C10H15NOS.ClH/c1-11-10(7-12)5-2-3-9-8(10)4-6-13-9;/h4,6,11-12H,2-3,5,7H2,1H3;1H. The molecule has 1 aliphatic rings. The fourth-order valence-electron chi connectivity index (χ4n) is 2.15. The lowest BCUT2D eigenvalue weighted by Gasteiger charge is -2.35. The smallest absolute Gasteiger partial charge is 0.0677 e. The highest BCUT2D eigenvalue weighted by Gasteiger charge is 2.34. The van der Waals surface area contributed by atoms with Crippen LogP contribution in [0.4, 0.5) is 0 Å². The molecule has 1 unspecified atom stereocenters. The average Bonchev–Trinajstić information content (AvgIpc) is 2.65. The predicted molar refractivity (Wildman–Crippen MR) is 62.3 cm³/mol. The molecule has 4 heteroatoms. The highest BCUT2D eigenvalue weighted by Crippen LogP contribution is 2.37. The summed E-state index contributed by atoms with van der Waals surface area (Å²) in [6.07, 6.45) is 3.40. The molecule has 2 rings (SSSR count). The van der Waals surface area contributed by atoms with E-state index in [9.17, 15) is 5.11 Å². The molecule has 80 valence electrons. The van der Waals surface area contributed by atoms with E-state index in [4.69, 9.17) is 0 Å². The second-order valence-electron chi connectivity index (χ2n) is 3.60. The quantitative estimate of drug-likeness (QED) is 0.818. The first kappa shape index (κ1) is 12.0. The molecule has 14 heavy (non-hydrogen) atoms. The highest BCUT2D eigenvalue weighted by molar-refractivity contribution is 7.10. The topological polar surface area (TPSA) is 32.3 Å². The second kappa shape index (κ2) is 4.62. The van der Waals surface area contributed by atoms with Crippen LogP contribution in [0.15, 0.2) is 11.4 Å². The summed E-state index contributed by atoms with van der Waals surface area (Å²) in [7, 11) is 1.93. The van der Waals surface area contributed by atoms with Gasteiger partial charge in [-0.1, -0.05) is 0 Å². The van der Waals surface area contributed by atoms with Crippen molar-refractivity contribution < 1.29 is 5.11 Å². The Balaban J connectivity index is 0.000000980. The Kier molecular flexibility index (Phi) is 3.95. The van der Waals surface area contributed by atoms with Crippen LogP contribution in [0, 0.1) is 0 Å². The van der Waals surface area contributed by atoms with Gasteiger partial charge in [-0.15, -0.1) is 23.7 Å². The number of nitrogens with one attached hydrogen (secondary N) is 1. The first-order chi connectivity index (χ1) is 6.32. The minimum absolute atomic E-state index is 0. The van der Waals surface area contributed by atoms with Crippen LogP contribution >= 0.6 is 23.7 Å². The molecule has 0 radical (unpaired) electrons. The van der Waals surface area contributed by atoms with Crippen molar-refractivity contribution in [3.63, 3.8) is 0 Å². The van der Waals surface area contributed by atoms with Gasteiger partial charge in [-0.3, -0.25) is 0 Å². The Morgan fingerprint density at radius 2 is 2.43 bits per heavy atom. The number of likely N-dealkylation sites (N-methyl/N-ethyl adjacent to an activating group) is 1. The Hall–Kier alpha value is -0.0900. The SMILES string of the molecule is CNC1(CO)CCCc2sccc21.Cl. The number of aliphatic hydroxyl groups excluding tert-OH is 1. The van der Waals surface area contributed by atoms with Crippen molar-refractivity contribution in [2.75, 3.05) is 13.7 Å². The van der Waals surface area contributed by atoms with Gasteiger partial charge in [-0.05, 0) is 43.3 Å². The molecule has 1 heterocycles. The second-order valence-corrected chi connectivity index (χ2v) is 4.60. The number of aryl methyl sites for hydroxylation is 1. The number of rotatable bonds is 2. The number of halogens is 1. The Morgan fingerprint density at radius 1 is 1.64 bits per heavy atom. The Labute approximate surface area is 94.8 Å². The number of thiophene rings is 1. The first-order valence-electron chi connectivity index (χ1n) is 4.69.